The number of nitrogens with one attached hydrogen (secondary N) is 2. The summed E-state index contributed by atoms with van der Waals surface area (Å²) < 4.78 is 0.494. The number of thiophene rings is 1. The average Bonchev–Trinajstić information content (AvgIpc) is 3.44. The smallest absolute Gasteiger partial charge is 0.265 e. The number of benzene rings is 2. The predicted octanol–water partition coefficient (Wildman–Crippen LogP) is 5.50. The minimum atomic E-state index is -0.409. The fraction of sp³-hybridized carbons (Fsp3) is 0.111. The van der Waals surface area contributed by atoms with Crippen molar-refractivity contribution in [3.63, 3.8) is 0 Å². The Labute approximate surface area is 216 Å². The van der Waals surface area contributed by atoms with Crippen molar-refractivity contribution >= 4 is 52.0 Å². The number of rotatable bonds is 8. The van der Waals surface area contributed by atoms with E-state index in [0.29, 0.717) is 33.4 Å². The van der Waals surface area contributed by atoms with Crippen LogP contribution in [0.1, 0.15) is 41.5 Å². The normalized spacial score (nSPS) is 12.5. The number of carbonyl (C=O) groups is 3. The molecule has 1 aliphatic rings. The molecular formula is C27H21ClN4O3S. The lowest BCUT2D eigenvalue weighted by molar-refractivity contribution is 0.0656. The standard InChI is InChI=1S/C27H21ClN4O3S/c28-23-9-8-22(36-23)25(33)31-21-3-1-2-20-24(21)27(35)32(26(20)34)15-12-17-4-6-18(7-5-17)16-30-19-10-13-29-14-11-19/h1-11,13-14H,12,15-16H2,(H,29,30)(H,31,33). The van der Waals surface area contributed by atoms with Crippen molar-refractivity contribution in [2.24, 2.45) is 0 Å². The number of carbonyl (C=O) groups excluding carboxylic acids is 3. The molecule has 0 radical (unpaired) electrons. The number of aromatic nitrogens is 1. The molecule has 4 aromatic rings. The second-order valence-corrected chi connectivity index (χ2v) is 9.92. The molecule has 1 aliphatic heterocycles. The molecular weight excluding hydrogens is 496 g/mol. The molecule has 9 heteroatoms. The summed E-state index contributed by atoms with van der Waals surface area (Å²) in [6.07, 6.45) is 4.00. The number of halogens is 1. The number of anilines is 2. The van der Waals surface area contributed by atoms with Gasteiger partial charge in [-0.05, 0) is 53.9 Å². The molecule has 2 aromatic carbocycles. The van der Waals surface area contributed by atoms with E-state index in [1.807, 2.05) is 36.4 Å². The molecule has 0 aliphatic carbocycles. The molecule has 180 valence electrons. The van der Waals surface area contributed by atoms with Gasteiger partial charge in [-0.15, -0.1) is 11.3 Å². The van der Waals surface area contributed by atoms with Crippen molar-refractivity contribution in [3.8, 4) is 0 Å². The summed E-state index contributed by atoms with van der Waals surface area (Å²) in [5.41, 5.74) is 3.95. The fourth-order valence-corrected chi connectivity index (χ4v) is 4.94. The first kappa shape index (κ1) is 23.7. The van der Waals surface area contributed by atoms with E-state index in [2.05, 4.69) is 15.6 Å². The first-order valence-electron chi connectivity index (χ1n) is 11.3. The van der Waals surface area contributed by atoms with E-state index in [0.717, 1.165) is 28.2 Å². The van der Waals surface area contributed by atoms with Gasteiger partial charge in [-0.1, -0.05) is 41.9 Å². The third-order valence-electron chi connectivity index (χ3n) is 5.87. The van der Waals surface area contributed by atoms with Crippen molar-refractivity contribution in [2.75, 3.05) is 17.2 Å². The highest BCUT2D eigenvalue weighted by molar-refractivity contribution is 7.18. The maximum atomic E-state index is 13.2. The van der Waals surface area contributed by atoms with E-state index >= 15 is 0 Å². The molecule has 7 nitrogen and oxygen atoms in total. The Kier molecular flexibility index (Phi) is 6.79. The second kappa shape index (κ2) is 10.3. The van der Waals surface area contributed by atoms with Gasteiger partial charge in [0, 0.05) is 31.2 Å². The summed E-state index contributed by atoms with van der Waals surface area (Å²) in [4.78, 5) is 44.4. The zero-order valence-electron chi connectivity index (χ0n) is 19.0. The van der Waals surface area contributed by atoms with Gasteiger partial charge in [-0.25, -0.2) is 0 Å². The zero-order valence-corrected chi connectivity index (χ0v) is 20.6. The van der Waals surface area contributed by atoms with Crippen LogP contribution >= 0.6 is 22.9 Å². The van der Waals surface area contributed by atoms with Crippen molar-refractivity contribution in [1.82, 2.24) is 9.88 Å². The number of imide groups is 1. The molecule has 3 heterocycles. The van der Waals surface area contributed by atoms with Crippen LogP contribution < -0.4 is 10.6 Å². The Morgan fingerprint density at radius 2 is 1.67 bits per heavy atom. The molecule has 5 rings (SSSR count). The third kappa shape index (κ3) is 5.00. The Morgan fingerprint density at radius 1 is 0.917 bits per heavy atom. The van der Waals surface area contributed by atoms with Gasteiger partial charge in [-0.3, -0.25) is 24.3 Å². The van der Waals surface area contributed by atoms with Crippen molar-refractivity contribution < 1.29 is 14.4 Å². The van der Waals surface area contributed by atoms with E-state index in [4.69, 9.17) is 11.6 Å². The van der Waals surface area contributed by atoms with Gasteiger partial charge in [0.15, 0.2) is 0 Å². The first-order valence-corrected chi connectivity index (χ1v) is 12.5. The van der Waals surface area contributed by atoms with Gasteiger partial charge in [0.05, 0.1) is 26.0 Å². The molecule has 0 bridgehead atoms. The highest BCUT2D eigenvalue weighted by atomic mass is 35.5. The van der Waals surface area contributed by atoms with Crippen LogP contribution in [0.4, 0.5) is 11.4 Å². The molecule has 3 amide bonds. The number of nitrogens with zero attached hydrogens (tertiary/aromatic N) is 2. The number of fused-ring (bicyclic) bond motifs is 1. The molecule has 2 aromatic heterocycles. The molecule has 2 N–H and O–H groups in total. The largest absolute Gasteiger partial charge is 0.381 e. The fourth-order valence-electron chi connectivity index (χ4n) is 4.00. The highest BCUT2D eigenvalue weighted by Crippen LogP contribution is 2.31. The zero-order chi connectivity index (χ0) is 25.1. The highest BCUT2D eigenvalue weighted by Gasteiger charge is 2.37. The van der Waals surface area contributed by atoms with E-state index in [1.54, 1.807) is 42.7 Å². The third-order valence-corrected chi connectivity index (χ3v) is 7.10. The first-order chi connectivity index (χ1) is 17.5. The summed E-state index contributed by atoms with van der Waals surface area (Å²) in [5.74, 6) is -1.14. The van der Waals surface area contributed by atoms with Crippen LogP contribution in [-0.2, 0) is 13.0 Å². The van der Waals surface area contributed by atoms with Gasteiger partial charge in [0.1, 0.15) is 0 Å². The maximum absolute atomic E-state index is 13.2. The van der Waals surface area contributed by atoms with Crippen LogP contribution in [0.15, 0.2) is 79.1 Å². The monoisotopic (exact) mass is 516 g/mol. The Hall–Kier alpha value is -4.01. The van der Waals surface area contributed by atoms with E-state index in [-0.39, 0.29) is 23.9 Å². The summed E-state index contributed by atoms with van der Waals surface area (Å²) in [6.45, 7) is 0.920. The van der Waals surface area contributed by atoms with Crippen LogP contribution in [0.2, 0.25) is 4.34 Å². The molecule has 0 spiro atoms. The Balaban J connectivity index is 1.23. The second-order valence-electron chi connectivity index (χ2n) is 8.20. The van der Waals surface area contributed by atoms with Crippen LogP contribution in [0.5, 0.6) is 0 Å². The summed E-state index contributed by atoms with van der Waals surface area (Å²) in [7, 11) is 0. The number of hydrogen-bond donors (Lipinski definition) is 2. The van der Waals surface area contributed by atoms with Crippen molar-refractivity contribution in [3.05, 3.63) is 111 Å². The SMILES string of the molecule is O=C(Nc1cccc2c1C(=O)N(CCc1ccc(CNc3ccncc3)cc1)C2=O)c1ccc(Cl)s1. The van der Waals surface area contributed by atoms with E-state index in [9.17, 15) is 14.4 Å². The lowest BCUT2D eigenvalue weighted by Gasteiger charge is -2.14. The maximum Gasteiger partial charge on any atom is 0.265 e. The molecule has 0 saturated heterocycles. The lowest BCUT2D eigenvalue weighted by Crippen LogP contribution is -2.32. The molecule has 0 fully saturated rings. The Morgan fingerprint density at radius 3 is 2.39 bits per heavy atom. The van der Waals surface area contributed by atoms with E-state index < -0.39 is 5.91 Å². The molecule has 36 heavy (non-hydrogen) atoms. The van der Waals surface area contributed by atoms with Gasteiger partial charge < -0.3 is 10.6 Å². The molecule has 0 atom stereocenters. The van der Waals surface area contributed by atoms with Crippen molar-refractivity contribution in [1.29, 1.82) is 0 Å². The van der Waals surface area contributed by atoms with Crippen LogP contribution in [0.25, 0.3) is 0 Å². The van der Waals surface area contributed by atoms with Gasteiger partial charge in [0.2, 0.25) is 0 Å². The predicted molar refractivity (Wildman–Crippen MR) is 141 cm³/mol. The number of amides is 3. The molecule has 0 unspecified atom stereocenters. The minimum absolute atomic E-state index is 0.219. The van der Waals surface area contributed by atoms with Gasteiger partial charge >= 0.3 is 0 Å². The number of pyridine rings is 1. The topological polar surface area (TPSA) is 91.4 Å². The van der Waals surface area contributed by atoms with Crippen LogP contribution in [0, 0.1) is 0 Å². The van der Waals surface area contributed by atoms with Crippen molar-refractivity contribution in [2.45, 2.75) is 13.0 Å². The van der Waals surface area contributed by atoms with Crippen LogP contribution in [-0.4, -0.2) is 34.2 Å². The Bertz CT molecular complexity index is 1440. The van der Waals surface area contributed by atoms with Gasteiger partial charge in [0.25, 0.3) is 17.7 Å². The minimum Gasteiger partial charge on any atom is -0.381 e. The quantitative estimate of drug-likeness (QED) is 0.302. The molecule has 0 saturated carbocycles. The average molecular weight is 517 g/mol. The van der Waals surface area contributed by atoms with Crippen LogP contribution in [0.3, 0.4) is 0 Å². The lowest BCUT2D eigenvalue weighted by atomic mass is 10.1. The number of hydrogen-bond acceptors (Lipinski definition) is 6. The summed E-state index contributed by atoms with van der Waals surface area (Å²) in [6, 6.07) is 20.0. The summed E-state index contributed by atoms with van der Waals surface area (Å²) in [5, 5.41) is 6.09. The van der Waals surface area contributed by atoms with E-state index in [1.165, 1.54) is 4.90 Å². The summed E-state index contributed by atoms with van der Waals surface area (Å²) >= 11 is 7.07. The van der Waals surface area contributed by atoms with Gasteiger partial charge in [-0.2, -0.15) is 0 Å².